The van der Waals surface area contributed by atoms with Gasteiger partial charge in [0.25, 0.3) is 0 Å². The van der Waals surface area contributed by atoms with Gasteiger partial charge in [0.05, 0.1) is 7.11 Å². The van der Waals surface area contributed by atoms with Crippen molar-refractivity contribution in [2.45, 2.75) is 33.6 Å². The number of rotatable bonds is 5. The molecule has 0 amide bonds. The fourth-order valence-corrected chi connectivity index (χ4v) is 2.16. The van der Waals surface area contributed by atoms with Gasteiger partial charge >= 0.3 is 5.97 Å². The summed E-state index contributed by atoms with van der Waals surface area (Å²) in [5.74, 6) is -1.16. The number of carbonyl (C=O) groups excluding carboxylic acids is 2. The van der Waals surface area contributed by atoms with Crippen LogP contribution in [0.1, 0.15) is 30.0 Å². The molecule has 0 bridgehead atoms. The SMILES string of the molecule is CCC(C(=O)Cc1cc(C)cc(C)c1)C(=O)OC. The Morgan fingerprint density at radius 2 is 1.72 bits per heavy atom. The van der Waals surface area contributed by atoms with Gasteiger partial charge in [-0.3, -0.25) is 9.59 Å². The number of benzene rings is 1. The number of hydrogen-bond acceptors (Lipinski definition) is 3. The second kappa shape index (κ2) is 6.34. The van der Waals surface area contributed by atoms with Crippen molar-refractivity contribution in [2.24, 2.45) is 5.92 Å². The predicted molar refractivity (Wildman–Crippen MR) is 70.4 cm³/mol. The minimum Gasteiger partial charge on any atom is -0.468 e. The summed E-state index contributed by atoms with van der Waals surface area (Å²) in [4.78, 5) is 23.5. The van der Waals surface area contributed by atoms with Crippen LogP contribution in [0, 0.1) is 19.8 Å². The molecule has 0 aliphatic carbocycles. The lowest BCUT2D eigenvalue weighted by Gasteiger charge is -2.11. The van der Waals surface area contributed by atoms with E-state index in [0.717, 1.165) is 16.7 Å². The monoisotopic (exact) mass is 248 g/mol. The average Bonchev–Trinajstić information content (AvgIpc) is 2.28. The summed E-state index contributed by atoms with van der Waals surface area (Å²) < 4.78 is 4.65. The third-order valence-electron chi connectivity index (χ3n) is 2.94. The fraction of sp³-hybridized carbons (Fsp3) is 0.467. The molecule has 0 fully saturated rings. The van der Waals surface area contributed by atoms with Crippen LogP contribution in [-0.4, -0.2) is 18.9 Å². The molecule has 0 aromatic heterocycles. The minimum absolute atomic E-state index is 0.0747. The molecule has 0 N–H and O–H groups in total. The first kappa shape index (κ1) is 14.4. The third-order valence-corrected chi connectivity index (χ3v) is 2.94. The van der Waals surface area contributed by atoms with Crippen molar-refractivity contribution in [3.8, 4) is 0 Å². The number of esters is 1. The molecule has 0 spiro atoms. The molecule has 1 unspecified atom stereocenters. The molecule has 3 heteroatoms. The van der Waals surface area contributed by atoms with Crippen LogP contribution in [-0.2, 0) is 20.7 Å². The van der Waals surface area contributed by atoms with Gasteiger partial charge < -0.3 is 4.74 Å². The lowest BCUT2D eigenvalue weighted by molar-refractivity contribution is -0.149. The second-order valence-corrected chi connectivity index (χ2v) is 4.62. The van der Waals surface area contributed by atoms with E-state index in [-0.39, 0.29) is 12.2 Å². The number of aryl methyl sites for hydroxylation is 2. The van der Waals surface area contributed by atoms with Gasteiger partial charge in [0.2, 0.25) is 0 Å². The highest BCUT2D eigenvalue weighted by molar-refractivity contribution is 5.99. The van der Waals surface area contributed by atoms with Crippen molar-refractivity contribution in [1.82, 2.24) is 0 Å². The molecule has 0 aliphatic heterocycles. The highest BCUT2D eigenvalue weighted by atomic mass is 16.5. The Bertz CT molecular complexity index is 429. The number of methoxy groups -OCH3 is 1. The molecule has 1 rings (SSSR count). The van der Waals surface area contributed by atoms with Gasteiger partial charge in [-0.2, -0.15) is 0 Å². The Kier molecular flexibility index (Phi) is 5.08. The number of carbonyl (C=O) groups is 2. The van der Waals surface area contributed by atoms with E-state index >= 15 is 0 Å². The highest BCUT2D eigenvalue weighted by Gasteiger charge is 2.25. The van der Waals surface area contributed by atoms with Crippen LogP contribution in [0.3, 0.4) is 0 Å². The molecule has 0 saturated heterocycles. The van der Waals surface area contributed by atoms with E-state index in [1.54, 1.807) is 0 Å². The Labute approximate surface area is 108 Å². The number of ketones is 1. The minimum atomic E-state index is -0.643. The first-order valence-electron chi connectivity index (χ1n) is 6.15. The molecular formula is C15H20O3. The quantitative estimate of drug-likeness (QED) is 0.594. The summed E-state index contributed by atoms with van der Waals surface area (Å²) in [5.41, 5.74) is 3.22. The van der Waals surface area contributed by atoms with Crippen molar-refractivity contribution >= 4 is 11.8 Å². The average molecular weight is 248 g/mol. The van der Waals surface area contributed by atoms with Gasteiger partial charge in [0.1, 0.15) is 5.92 Å². The summed E-state index contributed by atoms with van der Waals surface area (Å²) >= 11 is 0. The number of Topliss-reactive ketones (excluding diaryl/α,β-unsaturated/α-hetero) is 1. The van der Waals surface area contributed by atoms with Crippen molar-refractivity contribution < 1.29 is 14.3 Å². The van der Waals surface area contributed by atoms with Gasteiger partial charge in [-0.1, -0.05) is 36.2 Å². The maximum atomic E-state index is 12.1. The van der Waals surface area contributed by atoms with Crippen LogP contribution in [0.15, 0.2) is 18.2 Å². The third kappa shape index (κ3) is 3.69. The summed E-state index contributed by atoms with van der Waals surface area (Å²) in [5, 5.41) is 0. The van der Waals surface area contributed by atoms with Crippen LogP contribution < -0.4 is 0 Å². The van der Waals surface area contributed by atoms with E-state index in [0.29, 0.717) is 6.42 Å². The van der Waals surface area contributed by atoms with E-state index in [9.17, 15) is 9.59 Å². The maximum absolute atomic E-state index is 12.1. The fourth-order valence-electron chi connectivity index (χ4n) is 2.16. The van der Waals surface area contributed by atoms with Crippen molar-refractivity contribution in [2.75, 3.05) is 7.11 Å². The van der Waals surface area contributed by atoms with Gasteiger partial charge in [-0.05, 0) is 25.8 Å². The van der Waals surface area contributed by atoms with Crippen LogP contribution >= 0.6 is 0 Å². The molecule has 1 aromatic rings. The molecule has 1 atom stereocenters. The molecule has 1 aromatic carbocycles. The van der Waals surface area contributed by atoms with E-state index < -0.39 is 11.9 Å². The molecule has 98 valence electrons. The Balaban J connectivity index is 2.82. The van der Waals surface area contributed by atoms with Crippen molar-refractivity contribution in [3.05, 3.63) is 34.9 Å². The summed E-state index contributed by atoms with van der Waals surface area (Å²) in [6.07, 6.45) is 0.770. The van der Waals surface area contributed by atoms with E-state index in [2.05, 4.69) is 10.8 Å². The van der Waals surface area contributed by atoms with E-state index in [4.69, 9.17) is 0 Å². The highest BCUT2D eigenvalue weighted by Crippen LogP contribution is 2.14. The zero-order valence-corrected chi connectivity index (χ0v) is 11.4. The van der Waals surface area contributed by atoms with E-state index in [1.807, 2.05) is 32.9 Å². The lowest BCUT2D eigenvalue weighted by Crippen LogP contribution is -2.26. The zero-order valence-electron chi connectivity index (χ0n) is 11.4. The van der Waals surface area contributed by atoms with Gasteiger partial charge in [-0.15, -0.1) is 0 Å². The van der Waals surface area contributed by atoms with Crippen LogP contribution in [0.2, 0.25) is 0 Å². The topological polar surface area (TPSA) is 43.4 Å². The second-order valence-electron chi connectivity index (χ2n) is 4.62. The Morgan fingerprint density at radius 1 is 1.17 bits per heavy atom. The maximum Gasteiger partial charge on any atom is 0.316 e. The molecule has 0 saturated carbocycles. The Morgan fingerprint density at radius 3 is 2.17 bits per heavy atom. The molecular weight excluding hydrogens is 228 g/mol. The standard InChI is InChI=1S/C15H20O3/c1-5-13(15(17)18-4)14(16)9-12-7-10(2)6-11(3)8-12/h6-8,13H,5,9H2,1-4H3. The molecule has 0 radical (unpaired) electrons. The summed E-state index contributed by atoms with van der Waals surface area (Å²) in [7, 11) is 1.31. The van der Waals surface area contributed by atoms with Crippen LogP contribution in [0.5, 0.6) is 0 Å². The Hall–Kier alpha value is -1.64. The predicted octanol–water partition coefficient (Wildman–Crippen LogP) is 2.61. The lowest BCUT2D eigenvalue weighted by atomic mass is 9.94. The molecule has 18 heavy (non-hydrogen) atoms. The first-order valence-corrected chi connectivity index (χ1v) is 6.15. The number of ether oxygens (including phenoxy) is 1. The number of hydrogen-bond donors (Lipinski definition) is 0. The van der Waals surface area contributed by atoms with Crippen molar-refractivity contribution in [3.63, 3.8) is 0 Å². The van der Waals surface area contributed by atoms with Crippen molar-refractivity contribution in [1.29, 1.82) is 0 Å². The van der Waals surface area contributed by atoms with Crippen LogP contribution in [0.25, 0.3) is 0 Å². The first-order chi connectivity index (χ1) is 8.47. The zero-order chi connectivity index (χ0) is 13.7. The molecule has 0 heterocycles. The van der Waals surface area contributed by atoms with Gasteiger partial charge in [0, 0.05) is 6.42 Å². The molecule has 3 nitrogen and oxygen atoms in total. The normalized spacial score (nSPS) is 12.0. The van der Waals surface area contributed by atoms with Gasteiger partial charge in [-0.25, -0.2) is 0 Å². The van der Waals surface area contributed by atoms with Crippen LogP contribution in [0.4, 0.5) is 0 Å². The summed E-state index contributed by atoms with van der Waals surface area (Å²) in [6.45, 7) is 5.82. The molecule has 0 aliphatic rings. The van der Waals surface area contributed by atoms with E-state index in [1.165, 1.54) is 7.11 Å². The largest absolute Gasteiger partial charge is 0.468 e. The summed E-state index contributed by atoms with van der Waals surface area (Å²) in [6, 6.07) is 6.02. The van der Waals surface area contributed by atoms with Gasteiger partial charge in [0.15, 0.2) is 5.78 Å². The smallest absolute Gasteiger partial charge is 0.316 e.